The van der Waals surface area contributed by atoms with Crippen LogP contribution in [0.4, 0.5) is 18.9 Å². The number of thioether (sulfide) groups is 1. The molecule has 2 aromatic heterocycles. The molecule has 0 spiro atoms. The summed E-state index contributed by atoms with van der Waals surface area (Å²) in [5.74, 6) is -0.475. The van der Waals surface area contributed by atoms with E-state index in [1.165, 1.54) is 35.0 Å². The predicted molar refractivity (Wildman–Crippen MR) is 154 cm³/mol. The second kappa shape index (κ2) is 13.3. The first-order valence-corrected chi connectivity index (χ1v) is 13.5. The molecule has 2 heterocycles. The minimum atomic E-state index is -4.66. The highest BCUT2D eigenvalue weighted by Crippen LogP contribution is 2.37. The van der Waals surface area contributed by atoms with Gasteiger partial charge >= 0.3 is 6.18 Å². The number of carbonyl (C=O) groups excluding carboxylic acids is 2. The quantitative estimate of drug-likeness (QED) is 0.147. The van der Waals surface area contributed by atoms with Gasteiger partial charge in [0, 0.05) is 66.7 Å². The molecule has 0 saturated heterocycles. The van der Waals surface area contributed by atoms with Crippen LogP contribution < -0.4 is 10.7 Å². The Kier molecular flexibility index (Phi) is 9.56. The van der Waals surface area contributed by atoms with Crippen LogP contribution in [0.1, 0.15) is 27.9 Å². The molecule has 0 radical (unpaired) electrons. The van der Waals surface area contributed by atoms with E-state index < -0.39 is 23.7 Å². The maximum atomic E-state index is 13.9. The van der Waals surface area contributed by atoms with E-state index in [-0.39, 0.29) is 34.5 Å². The number of hydrogen-bond donors (Lipinski definition) is 2. The number of anilines is 1. The van der Waals surface area contributed by atoms with E-state index >= 15 is 0 Å². The van der Waals surface area contributed by atoms with Gasteiger partial charge in [-0.2, -0.15) is 18.3 Å². The first-order valence-electron chi connectivity index (χ1n) is 12.5. The molecule has 8 nitrogen and oxygen atoms in total. The second-order valence-electron chi connectivity index (χ2n) is 9.19. The molecule has 2 aromatic carbocycles. The number of nitrogens with one attached hydrogen (secondary N) is 2. The Hall–Kier alpha value is -4.45. The van der Waals surface area contributed by atoms with E-state index in [0.29, 0.717) is 11.3 Å². The van der Waals surface area contributed by atoms with Gasteiger partial charge in [0.25, 0.3) is 5.91 Å². The molecule has 12 heteroatoms. The summed E-state index contributed by atoms with van der Waals surface area (Å²) in [7, 11) is 3.25. The normalized spacial score (nSPS) is 12.3. The van der Waals surface area contributed by atoms with Crippen molar-refractivity contribution in [2.24, 2.45) is 5.10 Å². The molecular formula is C29H27F3N6O2S. The zero-order chi connectivity index (χ0) is 29.4. The molecule has 4 rings (SSSR count). The molecule has 2 N–H and O–H groups in total. The van der Waals surface area contributed by atoms with Gasteiger partial charge in [0.2, 0.25) is 5.91 Å². The molecular weight excluding hydrogens is 553 g/mol. The fourth-order valence-electron chi connectivity index (χ4n) is 3.92. The number of nitrogens with zero attached hydrogens (tertiary/aromatic N) is 4. The number of hydrogen-bond acceptors (Lipinski definition) is 7. The highest BCUT2D eigenvalue weighted by molar-refractivity contribution is 7.99. The minimum Gasteiger partial charge on any atom is -0.380 e. The molecule has 0 bridgehead atoms. The number of rotatable bonds is 10. The molecule has 0 aliphatic heterocycles. The van der Waals surface area contributed by atoms with E-state index in [0.717, 1.165) is 17.2 Å². The fourth-order valence-corrected chi connectivity index (χ4v) is 4.86. The fraction of sp³-hybridized carbons (Fsp3) is 0.207. The number of pyridine rings is 2. The van der Waals surface area contributed by atoms with E-state index in [1.807, 2.05) is 30.3 Å². The summed E-state index contributed by atoms with van der Waals surface area (Å²) >= 11 is 1.48. The highest BCUT2D eigenvalue weighted by Gasteiger charge is 2.34. The van der Waals surface area contributed by atoms with Crippen LogP contribution in [0.5, 0.6) is 0 Å². The van der Waals surface area contributed by atoms with Crippen LogP contribution in [0.15, 0.2) is 89.3 Å². The lowest BCUT2D eigenvalue weighted by molar-refractivity contribution is -0.136. The van der Waals surface area contributed by atoms with Crippen molar-refractivity contribution < 1.29 is 22.8 Å². The Bertz CT molecular complexity index is 1530. The first kappa shape index (κ1) is 29.5. The van der Waals surface area contributed by atoms with Gasteiger partial charge in [0.15, 0.2) is 0 Å². The Morgan fingerprint density at radius 1 is 1.05 bits per heavy atom. The highest BCUT2D eigenvalue weighted by atomic mass is 32.2. The van der Waals surface area contributed by atoms with Gasteiger partial charge in [-0.15, -0.1) is 11.8 Å². The maximum absolute atomic E-state index is 13.9. The van der Waals surface area contributed by atoms with Gasteiger partial charge in [-0.25, -0.2) is 5.43 Å². The van der Waals surface area contributed by atoms with E-state index in [2.05, 4.69) is 25.8 Å². The zero-order valence-electron chi connectivity index (χ0n) is 22.2. The van der Waals surface area contributed by atoms with Crippen molar-refractivity contribution in [3.63, 3.8) is 0 Å². The van der Waals surface area contributed by atoms with Crippen LogP contribution >= 0.6 is 11.8 Å². The Morgan fingerprint density at radius 3 is 2.51 bits per heavy atom. The summed E-state index contributed by atoms with van der Waals surface area (Å²) in [6.45, 7) is 0. The predicted octanol–water partition coefficient (Wildman–Crippen LogP) is 5.46. The third-order valence-corrected chi connectivity index (χ3v) is 7.15. The van der Waals surface area contributed by atoms with Crippen molar-refractivity contribution in [2.75, 3.05) is 25.2 Å². The molecule has 2 amide bonds. The van der Waals surface area contributed by atoms with Crippen LogP contribution in [0, 0.1) is 0 Å². The Labute approximate surface area is 239 Å². The Balaban J connectivity index is 1.73. The van der Waals surface area contributed by atoms with E-state index in [9.17, 15) is 22.8 Å². The SMILES string of the molecule is CN(C)C(=O)CC(CSc1ccccc1)Nc1c(C(=O)N/N=C/c2cccnc2)cnc2c(C(F)(F)F)cccc12. The van der Waals surface area contributed by atoms with Crippen molar-refractivity contribution in [2.45, 2.75) is 23.5 Å². The largest absolute Gasteiger partial charge is 0.418 e. The van der Waals surface area contributed by atoms with E-state index in [4.69, 9.17) is 0 Å². The van der Waals surface area contributed by atoms with Gasteiger partial charge in [-0.3, -0.25) is 19.6 Å². The van der Waals surface area contributed by atoms with Crippen molar-refractivity contribution in [1.82, 2.24) is 20.3 Å². The summed E-state index contributed by atoms with van der Waals surface area (Å²) < 4.78 is 41.6. The number of halogens is 3. The van der Waals surface area contributed by atoms with Crippen LogP contribution in [-0.4, -0.2) is 58.8 Å². The van der Waals surface area contributed by atoms with Crippen LogP contribution in [-0.2, 0) is 11.0 Å². The maximum Gasteiger partial charge on any atom is 0.418 e. The number of aromatic nitrogens is 2. The average molecular weight is 581 g/mol. The van der Waals surface area contributed by atoms with Crippen LogP contribution in [0.2, 0.25) is 0 Å². The molecule has 0 aliphatic rings. The number of carbonyl (C=O) groups is 2. The number of hydrazone groups is 1. The summed E-state index contributed by atoms with van der Waals surface area (Å²) in [4.78, 5) is 36.4. The van der Waals surface area contributed by atoms with Crippen LogP contribution in [0.3, 0.4) is 0 Å². The lowest BCUT2D eigenvalue weighted by Crippen LogP contribution is -2.33. The van der Waals surface area contributed by atoms with Gasteiger partial charge in [0.05, 0.1) is 28.5 Å². The monoisotopic (exact) mass is 580 g/mol. The smallest absolute Gasteiger partial charge is 0.380 e. The van der Waals surface area contributed by atoms with Crippen molar-refractivity contribution in [3.8, 4) is 0 Å². The third kappa shape index (κ3) is 7.82. The molecule has 0 saturated carbocycles. The van der Waals surface area contributed by atoms with E-state index in [1.54, 1.807) is 38.6 Å². The van der Waals surface area contributed by atoms with Gasteiger partial charge in [0.1, 0.15) is 0 Å². The van der Waals surface area contributed by atoms with Gasteiger partial charge < -0.3 is 10.2 Å². The molecule has 212 valence electrons. The average Bonchev–Trinajstić information content (AvgIpc) is 2.96. The number of fused-ring (bicyclic) bond motifs is 1. The van der Waals surface area contributed by atoms with Crippen molar-refractivity contribution in [3.05, 3.63) is 95.9 Å². The number of benzene rings is 2. The molecule has 41 heavy (non-hydrogen) atoms. The Morgan fingerprint density at radius 2 is 1.83 bits per heavy atom. The summed E-state index contributed by atoms with van der Waals surface area (Å²) in [5.41, 5.74) is 1.90. The lowest BCUT2D eigenvalue weighted by atomic mass is 10.0. The third-order valence-electron chi connectivity index (χ3n) is 5.97. The second-order valence-corrected chi connectivity index (χ2v) is 10.3. The number of alkyl halides is 3. The summed E-state index contributed by atoms with van der Waals surface area (Å²) in [6, 6.07) is 16.1. The van der Waals surface area contributed by atoms with Crippen LogP contribution in [0.25, 0.3) is 10.9 Å². The topological polar surface area (TPSA) is 99.6 Å². The molecule has 1 atom stereocenters. The zero-order valence-corrected chi connectivity index (χ0v) is 23.0. The standard InChI is InChI=1S/C29H27F3N6O2S/c1-38(2)25(39)14-20(18-41-21-9-4-3-5-10-21)36-26-22-11-6-12-24(29(30,31)32)27(22)34-17-23(26)28(40)37-35-16-19-8-7-13-33-15-19/h3-13,15-17,20H,14,18H2,1-2H3,(H,34,36)(H,37,40)/b35-16+. The number of amides is 2. The molecule has 0 aliphatic carbocycles. The van der Waals surface area contributed by atoms with Crippen molar-refractivity contribution in [1.29, 1.82) is 0 Å². The number of para-hydroxylation sites is 1. The first-order chi connectivity index (χ1) is 19.6. The van der Waals surface area contributed by atoms with Gasteiger partial charge in [-0.05, 0) is 24.3 Å². The van der Waals surface area contributed by atoms with Gasteiger partial charge in [-0.1, -0.05) is 36.4 Å². The molecule has 1 unspecified atom stereocenters. The molecule has 4 aromatic rings. The van der Waals surface area contributed by atoms with Crippen molar-refractivity contribution >= 4 is 46.4 Å². The lowest BCUT2D eigenvalue weighted by Gasteiger charge is -2.24. The molecule has 0 fully saturated rings. The summed E-state index contributed by atoms with van der Waals surface area (Å²) in [5, 5.41) is 7.27. The summed E-state index contributed by atoms with van der Waals surface area (Å²) in [6.07, 6.45) is 1.00. The minimum absolute atomic E-state index is 0.0211.